The lowest BCUT2D eigenvalue weighted by Crippen LogP contribution is -2.67. The Morgan fingerprint density at radius 1 is 0.912 bits per heavy atom. The number of carbonyl (C=O) groups is 1. The second kappa shape index (κ2) is 11.3. The van der Waals surface area contributed by atoms with Gasteiger partial charge in [-0.3, -0.25) is 13.9 Å². The van der Waals surface area contributed by atoms with Gasteiger partial charge in [0, 0.05) is 6.92 Å². The molecule has 2 aliphatic rings. The van der Waals surface area contributed by atoms with Gasteiger partial charge in [-0.05, 0) is 0 Å². The number of hydrogen-bond acceptors (Lipinski definition) is 15. The molecule has 0 saturated carbocycles. The molecule has 2 heterocycles. The zero-order valence-electron chi connectivity index (χ0n) is 17.2. The molecule has 0 aromatic rings. The Labute approximate surface area is 192 Å². The third kappa shape index (κ3) is 7.69. The molecule has 10 atom stereocenters. The topological polar surface area (TPSA) is 285 Å². The van der Waals surface area contributed by atoms with Gasteiger partial charge in [0.2, 0.25) is 5.91 Å². The fourth-order valence-electron chi connectivity index (χ4n) is 3.35. The van der Waals surface area contributed by atoms with Crippen molar-refractivity contribution >= 4 is 26.7 Å². The van der Waals surface area contributed by atoms with Gasteiger partial charge >= 0.3 is 20.8 Å². The monoisotopic (exact) mass is 543 g/mol. The highest BCUT2D eigenvalue weighted by Gasteiger charge is 2.52. The normalized spacial score (nSPS) is 39.5. The van der Waals surface area contributed by atoms with Gasteiger partial charge in [-0.2, -0.15) is 16.8 Å². The first-order valence-electron chi connectivity index (χ1n) is 9.38. The van der Waals surface area contributed by atoms with Crippen LogP contribution in [0, 0.1) is 0 Å². The Hall–Kier alpha value is -1.11. The molecule has 2 saturated heterocycles. The minimum absolute atomic E-state index is 0.700. The molecule has 0 bridgehead atoms. The molecule has 0 aromatic carbocycles. The summed E-state index contributed by atoms with van der Waals surface area (Å²) in [5.41, 5.74) is 0. The van der Waals surface area contributed by atoms with Crippen LogP contribution in [0.2, 0.25) is 0 Å². The minimum Gasteiger partial charge on any atom is -0.394 e. The van der Waals surface area contributed by atoms with Crippen molar-refractivity contribution in [3.8, 4) is 0 Å². The predicted octanol–water partition coefficient (Wildman–Crippen LogP) is -5.60. The van der Waals surface area contributed by atoms with Crippen LogP contribution < -0.4 is 5.32 Å². The maximum absolute atomic E-state index is 11.4. The van der Waals surface area contributed by atoms with E-state index in [1.54, 1.807) is 0 Å². The van der Waals surface area contributed by atoms with Crippen LogP contribution in [0.15, 0.2) is 0 Å². The van der Waals surface area contributed by atoms with E-state index in [1.165, 1.54) is 0 Å². The van der Waals surface area contributed by atoms with Crippen molar-refractivity contribution in [2.45, 2.75) is 68.3 Å². The molecule has 200 valence electrons. The second-order valence-electron chi connectivity index (χ2n) is 7.29. The first-order valence-corrected chi connectivity index (χ1v) is 12.1. The summed E-state index contributed by atoms with van der Waals surface area (Å²) in [6.45, 7) is -0.977. The van der Waals surface area contributed by atoms with E-state index in [1.807, 2.05) is 0 Å². The van der Waals surface area contributed by atoms with Gasteiger partial charge in [0.25, 0.3) is 0 Å². The number of amides is 1. The van der Waals surface area contributed by atoms with Crippen LogP contribution in [0.5, 0.6) is 0 Å². The largest absolute Gasteiger partial charge is 0.397 e. The van der Waals surface area contributed by atoms with Crippen LogP contribution in [0.3, 0.4) is 0 Å². The Kier molecular flexibility index (Phi) is 9.68. The average Bonchev–Trinajstić information content (AvgIpc) is 2.69. The van der Waals surface area contributed by atoms with E-state index in [-0.39, 0.29) is 0 Å². The quantitative estimate of drug-likeness (QED) is 0.126. The molecule has 0 radical (unpaired) electrons. The van der Waals surface area contributed by atoms with E-state index in [9.17, 15) is 47.2 Å². The standard InChI is InChI=1S/C14H25NO17S2/c1-4(17)15-7-9(19)11(5(2-16)29-13(7)21)31-14-10(20)12(32-34(25,26)27)8(18)6(30-14)3-28-33(22,23)24/h5-14,16,18-21H,2-3H2,1H3,(H,15,17)(H,22,23,24)(H,25,26,27)/t5-,6-,7-,8+,9-,10-,11-,12+,13-,14+/m1/s1. The number of ether oxygens (including phenoxy) is 3. The number of hydrogen-bond donors (Lipinski definition) is 8. The van der Waals surface area contributed by atoms with Gasteiger partial charge in [0.1, 0.15) is 48.8 Å². The summed E-state index contributed by atoms with van der Waals surface area (Å²) in [4.78, 5) is 11.4. The van der Waals surface area contributed by atoms with Crippen LogP contribution in [0.25, 0.3) is 0 Å². The average molecular weight is 543 g/mol. The Bertz CT molecular complexity index is 911. The van der Waals surface area contributed by atoms with Crippen LogP contribution >= 0.6 is 0 Å². The number of nitrogens with one attached hydrogen (secondary N) is 1. The fourth-order valence-corrected chi connectivity index (χ4v) is 4.17. The van der Waals surface area contributed by atoms with E-state index in [4.69, 9.17) is 23.3 Å². The van der Waals surface area contributed by atoms with Gasteiger partial charge in [-0.25, -0.2) is 8.37 Å². The fraction of sp³-hybridized carbons (Fsp3) is 0.929. The Balaban J connectivity index is 2.32. The van der Waals surface area contributed by atoms with Crippen molar-refractivity contribution in [3.63, 3.8) is 0 Å². The summed E-state index contributed by atoms with van der Waals surface area (Å²) >= 11 is 0. The molecule has 2 aliphatic heterocycles. The maximum Gasteiger partial charge on any atom is 0.397 e. The number of aliphatic hydroxyl groups is 5. The number of carbonyl (C=O) groups excluding carboxylic acids is 1. The van der Waals surface area contributed by atoms with E-state index in [0.29, 0.717) is 0 Å². The molecule has 2 rings (SSSR count). The second-order valence-corrected chi connectivity index (χ2v) is 9.43. The van der Waals surface area contributed by atoms with Gasteiger partial charge < -0.3 is 45.1 Å². The van der Waals surface area contributed by atoms with E-state index in [0.717, 1.165) is 6.92 Å². The maximum atomic E-state index is 11.4. The summed E-state index contributed by atoms with van der Waals surface area (Å²) in [6, 6.07) is -1.50. The molecule has 0 aromatic heterocycles. The van der Waals surface area contributed by atoms with Gasteiger partial charge in [-0.15, -0.1) is 0 Å². The molecule has 0 spiro atoms. The van der Waals surface area contributed by atoms with Crippen molar-refractivity contribution in [2.24, 2.45) is 0 Å². The zero-order chi connectivity index (χ0) is 26.0. The van der Waals surface area contributed by atoms with Crippen molar-refractivity contribution in [2.75, 3.05) is 13.2 Å². The van der Waals surface area contributed by atoms with Crippen molar-refractivity contribution < 1.29 is 78.8 Å². The predicted molar refractivity (Wildman–Crippen MR) is 101 cm³/mol. The molecule has 1 amide bonds. The molecular weight excluding hydrogens is 518 g/mol. The van der Waals surface area contributed by atoms with Crippen LogP contribution in [-0.4, -0.2) is 132 Å². The first-order chi connectivity index (χ1) is 15.5. The Morgan fingerprint density at radius 3 is 2.03 bits per heavy atom. The lowest BCUT2D eigenvalue weighted by atomic mass is 9.95. The van der Waals surface area contributed by atoms with Crippen molar-refractivity contribution in [3.05, 3.63) is 0 Å². The summed E-state index contributed by atoms with van der Waals surface area (Å²) in [6.07, 6.45) is -17.4. The first kappa shape index (κ1) is 29.1. The molecule has 2 fully saturated rings. The molecule has 20 heteroatoms. The third-order valence-corrected chi connectivity index (χ3v) is 5.69. The van der Waals surface area contributed by atoms with E-state index in [2.05, 4.69) is 13.7 Å². The van der Waals surface area contributed by atoms with E-state index < -0.39 is 101 Å². The van der Waals surface area contributed by atoms with Gasteiger partial charge in [-0.1, -0.05) is 0 Å². The van der Waals surface area contributed by atoms with Crippen LogP contribution in [-0.2, 0) is 48.2 Å². The highest BCUT2D eigenvalue weighted by atomic mass is 32.3. The molecular formula is C14H25NO17S2. The summed E-state index contributed by atoms with van der Waals surface area (Å²) in [5, 5.41) is 52.9. The Morgan fingerprint density at radius 2 is 1.53 bits per heavy atom. The lowest BCUT2D eigenvalue weighted by molar-refractivity contribution is -0.342. The lowest BCUT2D eigenvalue weighted by Gasteiger charge is -2.46. The summed E-state index contributed by atoms with van der Waals surface area (Å²) in [7, 11) is -10.4. The smallest absolute Gasteiger partial charge is 0.394 e. The molecule has 18 nitrogen and oxygen atoms in total. The summed E-state index contributed by atoms with van der Waals surface area (Å²) < 4.78 is 85.5. The summed E-state index contributed by atoms with van der Waals surface area (Å²) in [5.74, 6) is -0.700. The van der Waals surface area contributed by atoms with Crippen molar-refractivity contribution in [1.82, 2.24) is 5.32 Å². The molecule has 0 unspecified atom stereocenters. The molecule has 34 heavy (non-hydrogen) atoms. The van der Waals surface area contributed by atoms with E-state index >= 15 is 0 Å². The molecule has 8 N–H and O–H groups in total. The van der Waals surface area contributed by atoms with Gasteiger partial charge in [0.05, 0.1) is 13.2 Å². The zero-order valence-corrected chi connectivity index (χ0v) is 18.9. The molecule has 0 aliphatic carbocycles. The van der Waals surface area contributed by atoms with Gasteiger partial charge in [0.15, 0.2) is 12.6 Å². The van der Waals surface area contributed by atoms with Crippen LogP contribution in [0.4, 0.5) is 0 Å². The number of aliphatic hydroxyl groups excluding tert-OH is 5. The highest BCUT2D eigenvalue weighted by Crippen LogP contribution is 2.30. The SMILES string of the molecule is CC(=O)N[C@@H]1[C@@H](O)[C@H](O[C@@H]2O[C@H](COS(=O)(=O)O)[C@H](O)[C@H](OS(=O)(=O)O)[C@H]2O)[C@@H](CO)O[C@H]1O. The van der Waals surface area contributed by atoms with Crippen LogP contribution in [0.1, 0.15) is 6.92 Å². The minimum atomic E-state index is -5.30. The highest BCUT2D eigenvalue weighted by molar-refractivity contribution is 7.81. The van der Waals surface area contributed by atoms with Crippen molar-refractivity contribution in [1.29, 1.82) is 0 Å². The third-order valence-electron chi connectivity index (χ3n) is 4.79. The number of rotatable bonds is 9.